The van der Waals surface area contributed by atoms with Gasteiger partial charge in [-0.05, 0) is 38.2 Å². The van der Waals surface area contributed by atoms with E-state index in [0.717, 1.165) is 39.1 Å². The molecule has 0 atom stereocenters. The van der Waals surface area contributed by atoms with E-state index in [9.17, 15) is 9.59 Å². The number of para-hydroxylation sites is 1. The number of likely N-dealkylation sites (N-methyl/N-ethyl adjacent to an activating group) is 1. The molecule has 154 valence electrons. The van der Waals surface area contributed by atoms with Crippen molar-refractivity contribution in [3.63, 3.8) is 0 Å². The molecule has 0 bridgehead atoms. The van der Waals surface area contributed by atoms with Gasteiger partial charge in [0.05, 0.1) is 0 Å². The van der Waals surface area contributed by atoms with E-state index in [1.54, 1.807) is 12.1 Å². The third-order valence-corrected chi connectivity index (χ3v) is 4.70. The Bertz CT molecular complexity index is 807. The minimum atomic E-state index is -0.707. The number of piperazine rings is 1. The van der Waals surface area contributed by atoms with E-state index in [2.05, 4.69) is 32.5 Å². The molecule has 8 heteroatoms. The summed E-state index contributed by atoms with van der Waals surface area (Å²) < 4.78 is 5.63. The van der Waals surface area contributed by atoms with Gasteiger partial charge in [0.15, 0.2) is 0 Å². The highest BCUT2D eigenvalue weighted by molar-refractivity contribution is 6.39. The maximum absolute atomic E-state index is 12.1. The quantitative estimate of drug-likeness (QED) is 0.545. The minimum Gasteiger partial charge on any atom is -0.439 e. The molecular weight excluding hydrogens is 370 g/mol. The van der Waals surface area contributed by atoms with Gasteiger partial charge in [-0.25, -0.2) is 4.98 Å². The summed E-state index contributed by atoms with van der Waals surface area (Å²) in [7, 11) is 2.12. The summed E-state index contributed by atoms with van der Waals surface area (Å²) in [5, 5.41) is 5.25. The zero-order valence-corrected chi connectivity index (χ0v) is 16.6. The van der Waals surface area contributed by atoms with Crippen LogP contribution < -0.4 is 15.4 Å². The van der Waals surface area contributed by atoms with E-state index in [0.29, 0.717) is 23.9 Å². The van der Waals surface area contributed by atoms with Gasteiger partial charge >= 0.3 is 11.8 Å². The number of nitrogens with zero attached hydrogens (tertiary/aromatic N) is 3. The SMILES string of the molecule is CN1CCN(CCCNC(=O)C(=O)Nc2ccnc(Oc3ccccc3)c2)CC1. The van der Waals surface area contributed by atoms with Crippen molar-refractivity contribution in [3.05, 3.63) is 48.7 Å². The zero-order chi connectivity index (χ0) is 20.5. The van der Waals surface area contributed by atoms with Crippen molar-refractivity contribution in [1.29, 1.82) is 0 Å². The van der Waals surface area contributed by atoms with Gasteiger partial charge < -0.3 is 25.2 Å². The normalized spacial score (nSPS) is 14.9. The predicted octanol–water partition coefficient (Wildman–Crippen LogP) is 1.57. The van der Waals surface area contributed by atoms with Crippen LogP contribution in [0.15, 0.2) is 48.7 Å². The fourth-order valence-corrected chi connectivity index (χ4v) is 3.00. The van der Waals surface area contributed by atoms with Crippen molar-refractivity contribution < 1.29 is 14.3 Å². The first kappa shape index (κ1) is 20.8. The molecular formula is C21H27N5O3. The minimum absolute atomic E-state index is 0.335. The Morgan fingerprint density at radius 3 is 2.59 bits per heavy atom. The maximum atomic E-state index is 12.1. The summed E-state index contributed by atoms with van der Waals surface area (Å²) in [5.74, 6) is -0.379. The molecule has 2 heterocycles. The number of aromatic nitrogens is 1. The van der Waals surface area contributed by atoms with Gasteiger partial charge in [0.25, 0.3) is 0 Å². The Morgan fingerprint density at radius 2 is 1.83 bits per heavy atom. The van der Waals surface area contributed by atoms with Crippen LogP contribution in [-0.2, 0) is 9.59 Å². The molecule has 1 aliphatic heterocycles. The molecule has 1 saturated heterocycles. The van der Waals surface area contributed by atoms with Crippen LogP contribution in [0.5, 0.6) is 11.6 Å². The number of ether oxygens (including phenoxy) is 1. The smallest absolute Gasteiger partial charge is 0.313 e. The Balaban J connectivity index is 1.40. The average Bonchev–Trinajstić information content (AvgIpc) is 2.73. The second-order valence-corrected chi connectivity index (χ2v) is 7.01. The first-order valence-corrected chi connectivity index (χ1v) is 9.79. The Kier molecular flexibility index (Phi) is 7.54. The summed E-state index contributed by atoms with van der Waals surface area (Å²) in [4.78, 5) is 32.9. The lowest BCUT2D eigenvalue weighted by Gasteiger charge is -2.32. The lowest BCUT2D eigenvalue weighted by Crippen LogP contribution is -2.45. The molecule has 1 aromatic heterocycles. The number of nitrogens with one attached hydrogen (secondary N) is 2. The van der Waals surface area contributed by atoms with Crippen LogP contribution in [0.1, 0.15) is 6.42 Å². The molecule has 0 aliphatic carbocycles. The monoisotopic (exact) mass is 397 g/mol. The second-order valence-electron chi connectivity index (χ2n) is 7.01. The molecule has 8 nitrogen and oxygen atoms in total. The number of carbonyl (C=O) groups excluding carboxylic acids is 2. The Hall–Kier alpha value is -2.97. The van der Waals surface area contributed by atoms with E-state index in [-0.39, 0.29) is 0 Å². The molecule has 2 amide bonds. The number of hydrogen-bond acceptors (Lipinski definition) is 6. The van der Waals surface area contributed by atoms with Crippen LogP contribution >= 0.6 is 0 Å². The van der Waals surface area contributed by atoms with Gasteiger partial charge in [0.2, 0.25) is 5.88 Å². The lowest BCUT2D eigenvalue weighted by molar-refractivity contribution is -0.136. The van der Waals surface area contributed by atoms with Crippen molar-refractivity contribution >= 4 is 17.5 Å². The maximum Gasteiger partial charge on any atom is 0.313 e. The number of hydrogen-bond donors (Lipinski definition) is 2. The standard InChI is InChI=1S/C21H27N5O3/c1-25-12-14-26(15-13-25)11-5-9-23-20(27)21(28)24-17-8-10-22-19(16-17)29-18-6-3-2-4-7-18/h2-4,6-8,10,16H,5,9,11-15H2,1H3,(H,23,27)(H,22,24,28). The predicted molar refractivity (Wildman–Crippen MR) is 111 cm³/mol. The highest BCUT2D eigenvalue weighted by Gasteiger charge is 2.15. The van der Waals surface area contributed by atoms with Crippen LogP contribution in [0.3, 0.4) is 0 Å². The molecule has 2 aromatic rings. The first-order chi connectivity index (χ1) is 14.1. The topological polar surface area (TPSA) is 86.8 Å². The van der Waals surface area contributed by atoms with Crippen LogP contribution in [0.4, 0.5) is 5.69 Å². The van der Waals surface area contributed by atoms with Crippen LogP contribution in [-0.4, -0.2) is 72.9 Å². The highest BCUT2D eigenvalue weighted by Crippen LogP contribution is 2.21. The van der Waals surface area contributed by atoms with Crippen molar-refractivity contribution in [3.8, 4) is 11.6 Å². The van der Waals surface area contributed by atoms with E-state index in [1.807, 2.05) is 30.3 Å². The highest BCUT2D eigenvalue weighted by atomic mass is 16.5. The number of benzene rings is 1. The van der Waals surface area contributed by atoms with Gasteiger partial charge in [0, 0.05) is 50.7 Å². The van der Waals surface area contributed by atoms with E-state index < -0.39 is 11.8 Å². The van der Waals surface area contributed by atoms with Crippen molar-refractivity contribution in [1.82, 2.24) is 20.1 Å². The molecule has 1 aliphatic rings. The van der Waals surface area contributed by atoms with Crippen LogP contribution in [0, 0.1) is 0 Å². The van der Waals surface area contributed by atoms with Crippen LogP contribution in [0.2, 0.25) is 0 Å². The first-order valence-electron chi connectivity index (χ1n) is 9.79. The van der Waals surface area contributed by atoms with Gasteiger partial charge in [0.1, 0.15) is 5.75 Å². The van der Waals surface area contributed by atoms with Crippen molar-refractivity contribution in [2.75, 3.05) is 51.6 Å². The van der Waals surface area contributed by atoms with E-state index in [1.165, 1.54) is 6.20 Å². The third-order valence-electron chi connectivity index (χ3n) is 4.70. The largest absolute Gasteiger partial charge is 0.439 e. The molecule has 0 radical (unpaired) electrons. The molecule has 0 saturated carbocycles. The Morgan fingerprint density at radius 1 is 1.07 bits per heavy atom. The second kappa shape index (κ2) is 10.5. The van der Waals surface area contributed by atoms with E-state index >= 15 is 0 Å². The van der Waals surface area contributed by atoms with Crippen LogP contribution in [0.25, 0.3) is 0 Å². The summed E-state index contributed by atoms with van der Waals surface area (Å²) in [6, 6.07) is 12.4. The summed E-state index contributed by atoms with van der Waals surface area (Å²) >= 11 is 0. The fraction of sp³-hybridized carbons (Fsp3) is 0.381. The molecule has 1 fully saturated rings. The molecule has 3 rings (SSSR count). The molecule has 0 spiro atoms. The average molecular weight is 397 g/mol. The number of anilines is 1. The molecule has 2 N–H and O–H groups in total. The molecule has 29 heavy (non-hydrogen) atoms. The summed E-state index contributed by atoms with van der Waals surface area (Å²) in [5.41, 5.74) is 0.448. The third kappa shape index (κ3) is 6.85. The molecule has 0 unspecified atom stereocenters. The number of pyridine rings is 1. The van der Waals surface area contributed by atoms with E-state index in [4.69, 9.17) is 4.74 Å². The number of rotatable bonds is 7. The van der Waals surface area contributed by atoms with Crippen molar-refractivity contribution in [2.24, 2.45) is 0 Å². The number of carbonyl (C=O) groups is 2. The van der Waals surface area contributed by atoms with Gasteiger partial charge in [-0.15, -0.1) is 0 Å². The van der Waals surface area contributed by atoms with Gasteiger partial charge in [-0.3, -0.25) is 9.59 Å². The fourth-order valence-electron chi connectivity index (χ4n) is 3.00. The summed E-state index contributed by atoms with van der Waals surface area (Å²) in [6.45, 7) is 5.60. The Labute approximate surface area is 170 Å². The zero-order valence-electron chi connectivity index (χ0n) is 16.6. The lowest BCUT2D eigenvalue weighted by atomic mass is 10.3. The summed E-state index contributed by atoms with van der Waals surface area (Å²) in [6.07, 6.45) is 2.33. The van der Waals surface area contributed by atoms with Gasteiger partial charge in [-0.1, -0.05) is 18.2 Å². The molecule has 1 aromatic carbocycles. The van der Waals surface area contributed by atoms with Gasteiger partial charge in [-0.2, -0.15) is 0 Å². The number of amides is 2. The van der Waals surface area contributed by atoms with Crippen molar-refractivity contribution in [2.45, 2.75) is 6.42 Å².